The van der Waals surface area contributed by atoms with Crippen molar-refractivity contribution in [2.75, 3.05) is 5.75 Å². The number of aromatic nitrogens is 4. The first-order chi connectivity index (χ1) is 9.99. The first-order valence-corrected chi connectivity index (χ1v) is 8.11. The Kier molecular flexibility index (Phi) is 5.17. The van der Waals surface area contributed by atoms with E-state index < -0.39 is 0 Å². The SMILES string of the molecule is CCC[C@@H](C)NC(=O)CSc1nc2nc(C)cc(C)n2n1. The third kappa shape index (κ3) is 4.17. The molecule has 0 aliphatic rings. The standard InChI is InChI=1S/C14H21N5OS/c1-5-6-9(2)15-12(20)8-21-14-17-13-16-10(3)7-11(4)19(13)18-14/h7,9H,5-6,8H2,1-4H3,(H,15,20)/t9-/m1/s1. The van der Waals surface area contributed by atoms with Gasteiger partial charge < -0.3 is 5.32 Å². The third-order valence-corrected chi connectivity index (χ3v) is 3.90. The Morgan fingerprint density at radius 3 is 2.90 bits per heavy atom. The lowest BCUT2D eigenvalue weighted by Crippen LogP contribution is -2.33. The fourth-order valence-corrected chi connectivity index (χ4v) is 2.79. The summed E-state index contributed by atoms with van der Waals surface area (Å²) in [6.45, 7) is 8.02. The fourth-order valence-electron chi connectivity index (χ4n) is 2.16. The highest BCUT2D eigenvalue weighted by Crippen LogP contribution is 2.15. The van der Waals surface area contributed by atoms with Crippen LogP contribution in [-0.4, -0.2) is 37.3 Å². The molecule has 0 aromatic carbocycles. The van der Waals surface area contributed by atoms with Crippen LogP contribution in [0, 0.1) is 13.8 Å². The summed E-state index contributed by atoms with van der Waals surface area (Å²) >= 11 is 1.33. The largest absolute Gasteiger partial charge is 0.353 e. The quantitative estimate of drug-likeness (QED) is 0.828. The smallest absolute Gasteiger partial charge is 0.253 e. The average Bonchev–Trinajstić information content (AvgIpc) is 2.79. The van der Waals surface area contributed by atoms with E-state index in [1.807, 2.05) is 26.8 Å². The molecule has 2 heterocycles. The van der Waals surface area contributed by atoms with Crippen molar-refractivity contribution in [3.63, 3.8) is 0 Å². The highest BCUT2D eigenvalue weighted by atomic mass is 32.2. The van der Waals surface area contributed by atoms with E-state index in [1.54, 1.807) is 4.52 Å². The maximum Gasteiger partial charge on any atom is 0.253 e. The average molecular weight is 307 g/mol. The van der Waals surface area contributed by atoms with E-state index in [0.29, 0.717) is 16.7 Å². The van der Waals surface area contributed by atoms with Gasteiger partial charge in [-0.15, -0.1) is 5.10 Å². The molecule has 0 aliphatic heterocycles. The molecule has 2 aromatic heterocycles. The van der Waals surface area contributed by atoms with Gasteiger partial charge in [0.1, 0.15) is 0 Å². The molecule has 0 saturated heterocycles. The van der Waals surface area contributed by atoms with Gasteiger partial charge in [-0.05, 0) is 33.3 Å². The number of hydrogen-bond acceptors (Lipinski definition) is 5. The van der Waals surface area contributed by atoms with Gasteiger partial charge in [0, 0.05) is 17.4 Å². The number of thioether (sulfide) groups is 1. The summed E-state index contributed by atoms with van der Waals surface area (Å²) in [5, 5.41) is 7.91. The van der Waals surface area contributed by atoms with Gasteiger partial charge in [-0.25, -0.2) is 9.50 Å². The molecule has 21 heavy (non-hydrogen) atoms. The van der Waals surface area contributed by atoms with Gasteiger partial charge in [0.2, 0.25) is 11.1 Å². The number of rotatable bonds is 6. The first-order valence-electron chi connectivity index (χ1n) is 7.12. The van der Waals surface area contributed by atoms with Crippen molar-refractivity contribution in [3.05, 3.63) is 17.5 Å². The van der Waals surface area contributed by atoms with E-state index in [0.717, 1.165) is 24.2 Å². The minimum Gasteiger partial charge on any atom is -0.353 e. The number of fused-ring (bicyclic) bond motifs is 1. The van der Waals surface area contributed by atoms with Gasteiger partial charge in [0.15, 0.2) is 0 Å². The summed E-state index contributed by atoms with van der Waals surface area (Å²) in [7, 11) is 0. The van der Waals surface area contributed by atoms with E-state index in [1.165, 1.54) is 11.8 Å². The number of aryl methyl sites for hydroxylation is 2. The number of carbonyl (C=O) groups is 1. The molecule has 114 valence electrons. The van der Waals surface area contributed by atoms with Crippen LogP contribution in [0.25, 0.3) is 5.78 Å². The van der Waals surface area contributed by atoms with Crippen molar-refractivity contribution in [1.82, 2.24) is 24.9 Å². The molecule has 0 spiro atoms. The van der Waals surface area contributed by atoms with Crippen molar-refractivity contribution >= 4 is 23.4 Å². The van der Waals surface area contributed by atoms with Crippen LogP contribution >= 0.6 is 11.8 Å². The molecule has 0 unspecified atom stereocenters. The molecule has 0 bridgehead atoms. The lowest BCUT2D eigenvalue weighted by atomic mass is 10.2. The Hall–Kier alpha value is -1.63. The molecule has 0 saturated carbocycles. The fraction of sp³-hybridized carbons (Fsp3) is 0.571. The molecular formula is C14H21N5OS. The van der Waals surface area contributed by atoms with Crippen LogP contribution in [0.4, 0.5) is 0 Å². The molecule has 0 radical (unpaired) electrons. The lowest BCUT2D eigenvalue weighted by Gasteiger charge is -2.11. The third-order valence-electron chi connectivity index (χ3n) is 3.06. The topological polar surface area (TPSA) is 72.2 Å². The highest BCUT2D eigenvalue weighted by molar-refractivity contribution is 7.99. The summed E-state index contributed by atoms with van der Waals surface area (Å²) in [5.41, 5.74) is 1.90. The van der Waals surface area contributed by atoms with Crippen LogP contribution in [0.2, 0.25) is 0 Å². The second kappa shape index (κ2) is 6.89. The van der Waals surface area contributed by atoms with Crippen LogP contribution < -0.4 is 5.32 Å². The molecule has 1 amide bonds. The van der Waals surface area contributed by atoms with Gasteiger partial charge in [-0.2, -0.15) is 4.98 Å². The maximum atomic E-state index is 11.8. The molecule has 7 heteroatoms. The molecule has 0 fully saturated rings. The minimum absolute atomic E-state index is 0.0145. The highest BCUT2D eigenvalue weighted by Gasteiger charge is 2.11. The van der Waals surface area contributed by atoms with Crippen LogP contribution in [-0.2, 0) is 4.79 Å². The van der Waals surface area contributed by atoms with Gasteiger partial charge in [-0.1, -0.05) is 25.1 Å². The van der Waals surface area contributed by atoms with Gasteiger partial charge in [-0.3, -0.25) is 4.79 Å². The van der Waals surface area contributed by atoms with E-state index in [4.69, 9.17) is 0 Å². The zero-order valence-electron chi connectivity index (χ0n) is 12.9. The van der Waals surface area contributed by atoms with E-state index >= 15 is 0 Å². The Morgan fingerprint density at radius 2 is 2.19 bits per heavy atom. The van der Waals surface area contributed by atoms with Gasteiger partial charge in [0.25, 0.3) is 5.78 Å². The number of nitrogens with zero attached hydrogens (tertiary/aromatic N) is 4. The molecule has 2 rings (SSSR count). The summed E-state index contributed by atoms with van der Waals surface area (Å²) in [6.07, 6.45) is 2.05. The Labute approximate surface area is 128 Å². The van der Waals surface area contributed by atoms with E-state index in [9.17, 15) is 4.79 Å². The zero-order chi connectivity index (χ0) is 15.4. The number of nitrogens with one attached hydrogen (secondary N) is 1. The zero-order valence-corrected chi connectivity index (χ0v) is 13.7. The Morgan fingerprint density at radius 1 is 1.43 bits per heavy atom. The van der Waals surface area contributed by atoms with Crippen LogP contribution in [0.1, 0.15) is 38.1 Å². The molecule has 1 atom stereocenters. The van der Waals surface area contributed by atoms with Gasteiger partial charge >= 0.3 is 0 Å². The molecular weight excluding hydrogens is 286 g/mol. The molecule has 2 aromatic rings. The van der Waals surface area contributed by atoms with E-state index in [2.05, 4.69) is 27.3 Å². The molecule has 6 nitrogen and oxygen atoms in total. The first kappa shape index (κ1) is 15.8. The predicted molar refractivity (Wildman–Crippen MR) is 83.5 cm³/mol. The molecule has 1 N–H and O–H groups in total. The van der Waals surface area contributed by atoms with Gasteiger partial charge in [0.05, 0.1) is 5.75 Å². The van der Waals surface area contributed by atoms with Crippen LogP contribution in [0.3, 0.4) is 0 Å². The number of amides is 1. The Bertz CT molecular complexity index is 640. The number of hydrogen-bond donors (Lipinski definition) is 1. The van der Waals surface area contributed by atoms with Crippen molar-refractivity contribution in [2.45, 2.75) is 51.7 Å². The molecule has 0 aliphatic carbocycles. The lowest BCUT2D eigenvalue weighted by molar-refractivity contribution is -0.119. The van der Waals surface area contributed by atoms with Crippen LogP contribution in [0.15, 0.2) is 11.2 Å². The number of carbonyl (C=O) groups excluding carboxylic acids is 1. The van der Waals surface area contributed by atoms with E-state index in [-0.39, 0.29) is 11.9 Å². The van der Waals surface area contributed by atoms with Crippen LogP contribution in [0.5, 0.6) is 0 Å². The normalized spacial score (nSPS) is 12.6. The van der Waals surface area contributed by atoms with Crippen molar-refractivity contribution in [2.24, 2.45) is 0 Å². The summed E-state index contributed by atoms with van der Waals surface area (Å²) in [5.74, 6) is 0.915. The predicted octanol–water partition coefficient (Wildman–Crippen LogP) is 2.14. The second-order valence-corrected chi connectivity index (χ2v) is 6.13. The maximum absolute atomic E-state index is 11.8. The summed E-state index contributed by atoms with van der Waals surface area (Å²) < 4.78 is 1.70. The summed E-state index contributed by atoms with van der Waals surface area (Å²) in [6, 6.07) is 2.17. The Balaban J connectivity index is 1.97. The monoisotopic (exact) mass is 307 g/mol. The van der Waals surface area contributed by atoms with Crippen molar-refractivity contribution < 1.29 is 4.79 Å². The van der Waals surface area contributed by atoms with Crippen molar-refractivity contribution in [3.8, 4) is 0 Å². The second-order valence-electron chi connectivity index (χ2n) is 5.19. The summed E-state index contributed by atoms with van der Waals surface area (Å²) in [4.78, 5) is 20.5. The minimum atomic E-state index is 0.0145. The van der Waals surface area contributed by atoms with Crippen molar-refractivity contribution in [1.29, 1.82) is 0 Å².